The number of para-hydroxylation sites is 1. The molecule has 0 spiro atoms. The lowest BCUT2D eigenvalue weighted by Gasteiger charge is -2.37. The van der Waals surface area contributed by atoms with Crippen molar-refractivity contribution < 1.29 is 4.74 Å². The van der Waals surface area contributed by atoms with E-state index in [0.717, 1.165) is 17.7 Å². The van der Waals surface area contributed by atoms with E-state index in [2.05, 4.69) is 76.9 Å². The van der Waals surface area contributed by atoms with E-state index < -0.39 is 0 Å². The van der Waals surface area contributed by atoms with Gasteiger partial charge in [0, 0.05) is 17.8 Å². The molecule has 0 radical (unpaired) electrons. The van der Waals surface area contributed by atoms with Gasteiger partial charge in [-0.25, -0.2) is 0 Å². The zero-order valence-corrected chi connectivity index (χ0v) is 18.3. The maximum Gasteiger partial charge on any atom is 0.148 e. The normalized spacial score (nSPS) is 20.9. The van der Waals surface area contributed by atoms with Crippen molar-refractivity contribution in [1.29, 1.82) is 0 Å². The minimum atomic E-state index is 0.193. The average molecular weight is 439 g/mol. The monoisotopic (exact) mass is 438 g/mol. The maximum absolute atomic E-state index is 6.27. The van der Waals surface area contributed by atoms with Crippen molar-refractivity contribution >= 4 is 29.2 Å². The number of ether oxygens (including phenoxy) is 1. The third-order valence-electron chi connectivity index (χ3n) is 6.15. The van der Waals surface area contributed by atoms with Crippen LogP contribution in [0.5, 0.6) is 5.75 Å². The van der Waals surface area contributed by atoms with Crippen LogP contribution >= 0.6 is 11.6 Å². The molecule has 0 amide bonds. The predicted octanol–water partition coefficient (Wildman–Crippen LogP) is 6.93. The van der Waals surface area contributed by atoms with Crippen LogP contribution < -0.4 is 10.1 Å². The molecule has 0 unspecified atom stereocenters. The number of terminal acetylenes is 1. The van der Waals surface area contributed by atoms with Gasteiger partial charge in [-0.1, -0.05) is 60.0 Å². The van der Waals surface area contributed by atoms with Crippen LogP contribution in [0.25, 0.3) is 0 Å². The van der Waals surface area contributed by atoms with Gasteiger partial charge < -0.3 is 10.1 Å². The lowest BCUT2D eigenvalue weighted by atomic mass is 9.77. The molecule has 5 rings (SSSR count). The van der Waals surface area contributed by atoms with Gasteiger partial charge >= 0.3 is 0 Å². The predicted molar refractivity (Wildman–Crippen MR) is 132 cm³/mol. The number of allylic oxidation sites excluding steroid dienone is 2. The number of hydrogen-bond donors (Lipinski definition) is 1. The molecule has 1 heterocycles. The van der Waals surface area contributed by atoms with Crippen LogP contribution in [0, 0.1) is 18.3 Å². The molecule has 3 aromatic rings. The smallest absolute Gasteiger partial charge is 0.148 e. The van der Waals surface area contributed by atoms with E-state index in [9.17, 15) is 0 Å². The summed E-state index contributed by atoms with van der Waals surface area (Å²) in [4.78, 5) is 4.61. The number of nitrogens with one attached hydrogen (secondary N) is 1. The van der Waals surface area contributed by atoms with Gasteiger partial charge in [0.1, 0.15) is 12.4 Å². The molecule has 0 bridgehead atoms. The zero-order valence-electron chi connectivity index (χ0n) is 17.5. The van der Waals surface area contributed by atoms with Crippen LogP contribution in [-0.2, 0) is 0 Å². The van der Waals surface area contributed by atoms with E-state index in [1.54, 1.807) is 6.21 Å². The Bertz CT molecular complexity index is 1220. The highest BCUT2D eigenvalue weighted by molar-refractivity contribution is 6.32. The van der Waals surface area contributed by atoms with Crippen molar-refractivity contribution in [3.63, 3.8) is 0 Å². The van der Waals surface area contributed by atoms with Crippen LogP contribution in [0.15, 0.2) is 83.9 Å². The van der Waals surface area contributed by atoms with E-state index in [1.165, 1.54) is 16.8 Å². The van der Waals surface area contributed by atoms with Crippen molar-refractivity contribution in [2.75, 3.05) is 11.9 Å². The molecule has 0 saturated heterocycles. The Morgan fingerprint density at radius 3 is 2.78 bits per heavy atom. The summed E-state index contributed by atoms with van der Waals surface area (Å²) in [6.07, 6.45) is 12.8. The summed E-state index contributed by atoms with van der Waals surface area (Å²) in [7, 11) is 0. The Kier molecular flexibility index (Phi) is 5.71. The Morgan fingerprint density at radius 2 is 1.97 bits per heavy atom. The molecule has 3 aromatic carbocycles. The SMILES string of the molecule is C#CCOc1ccc(C=Nc2ccc([C@@H]3Nc4ccccc4[C@H]4C=CC[C@H]43)cc2)cc1Cl. The van der Waals surface area contributed by atoms with Crippen molar-refractivity contribution in [1.82, 2.24) is 0 Å². The van der Waals surface area contributed by atoms with Gasteiger partial charge in [0.25, 0.3) is 0 Å². The van der Waals surface area contributed by atoms with Gasteiger partial charge in [-0.05, 0) is 65.4 Å². The molecule has 1 N–H and O–H groups in total. The summed E-state index contributed by atoms with van der Waals surface area (Å²) in [6, 6.07) is 23.0. The molecule has 1 aliphatic heterocycles. The highest BCUT2D eigenvalue weighted by Crippen LogP contribution is 2.49. The second-order valence-corrected chi connectivity index (χ2v) is 8.50. The standard InChI is InChI=1S/C28H23ClN2O/c1-2-16-32-27-15-10-19(17-25(27)29)18-30-21-13-11-20(12-14-21)28-24-8-5-7-22(24)23-6-3-4-9-26(23)31-28/h1,3-7,9-15,17-18,22,24,28,31H,8,16H2/t22-,24-,28+/m1/s1. The van der Waals surface area contributed by atoms with Gasteiger partial charge in [-0.15, -0.1) is 6.42 Å². The van der Waals surface area contributed by atoms with Crippen molar-refractivity contribution in [2.45, 2.75) is 18.4 Å². The first kappa shape index (κ1) is 20.4. The van der Waals surface area contributed by atoms with E-state index in [1.807, 2.05) is 18.2 Å². The summed E-state index contributed by atoms with van der Waals surface area (Å²) < 4.78 is 5.40. The minimum Gasteiger partial charge on any atom is -0.479 e. The lowest BCUT2D eigenvalue weighted by molar-refractivity contribution is 0.370. The third-order valence-corrected chi connectivity index (χ3v) is 6.45. The Labute approximate surface area is 193 Å². The van der Waals surface area contributed by atoms with Gasteiger partial charge in [0.15, 0.2) is 0 Å². The van der Waals surface area contributed by atoms with Gasteiger partial charge in [-0.2, -0.15) is 0 Å². The molecule has 3 atom stereocenters. The molecule has 0 saturated carbocycles. The molecule has 158 valence electrons. The first-order valence-electron chi connectivity index (χ1n) is 10.7. The van der Waals surface area contributed by atoms with Crippen LogP contribution in [0.2, 0.25) is 5.02 Å². The Balaban J connectivity index is 1.32. The Hall–Kier alpha value is -3.48. The second-order valence-electron chi connectivity index (χ2n) is 8.10. The first-order chi connectivity index (χ1) is 15.7. The fraction of sp³-hybridized carbons (Fsp3) is 0.179. The number of anilines is 1. The van der Waals surface area contributed by atoms with E-state index in [-0.39, 0.29) is 12.6 Å². The van der Waals surface area contributed by atoms with E-state index in [0.29, 0.717) is 22.6 Å². The maximum atomic E-state index is 6.27. The number of benzene rings is 3. The van der Waals surface area contributed by atoms with E-state index in [4.69, 9.17) is 22.8 Å². The number of fused-ring (bicyclic) bond motifs is 3. The lowest BCUT2D eigenvalue weighted by Crippen LogP contribution is -2.28. The molecule has 32 heavy (non-hydrogen) atoms. The topological polar surface area (TPSA) is 33.6 Å². The van der Waals surface area contributed by atoms with Crippen LogP contribution in [0.1, 0.15) is 35.1 Å². The molecule has 0 fully saturated rings. The van der Waals surface area contributed by atoms with Gasteiger partial charge in [0.2, 0.25) is 0 Å². The molecule has 4 heteroatoms. The summed E-state index contributed by atoms with van der Waals surface area (Å²) >= 11 is 6.27. The zero-order chi connectivity index (χ0) is 21.9. The fourth-order valence-electron chi connectivity index (χ4n) is 4.62. The Morgan fingerprint density at radius 1 is 1.12 bits per heavy atom. The van der Waals surface area contributed by atoms with Crippen molar-refractivity contribution in [3.8, 4) is 18.1 Å². The summed E-state index contributed by atoms with van der Waals surface area (Å²) in [6.45, 7) is 0.193. The summed E-state index contributed by atoms with van der Waals surface area (Å²) in [5.41, 5.74) is 5.72. The quantitative estimate of drug-likeness (QED) is 0.266. The third kappa shape index (κ3) is 4.02. The largest absolute Gasteiger partial charge is 0.479 e. The highest BCUT2D eigenvalue weighted by Gasteiger charge is 2.37. The molecular weight excluding hydrogens is 416 g/mol. The fourth-order valence-corrected chi connectivity index (χ4v) is 4.87. The minimum absolute atomic E-state index is 0.193. The number of halogens is 1. The van der Waals surface area contributed by atoms with Gasteiger partial charge in [0.05, 0.1) is 16.8 Å². The summed E-state index contributed by atoms with van der Waals surface area (Å²) in [5.74, 6) is 4.03. The highest BCUT2D eigenvalue weighted by atomic mass is 35.5. The number of hydrogen-bond acceptors (Lipinski definition) is 3. The van der Waals surface area contributed by atoms with Crippen LogP contribution in [0.3, 0.4) is 0 Å². The number of rotatable bonds is 5. The number of aliphatic imine (C=N–C) groups is 1. The molecule has 2 aliphatic rings. The average Bonchev–Trinajstić information content (AvgIpc) is 3.32. The van der Waals surface area contributed by atoms with Gasteiger partial charge in [-0.3, -0.25) is 4.99 Å². The number of nitrogens with zero attached hydrogens (tertiary/aromatic N) is 1. The summed E-state index contributed by atoms with van der Waals surface area (Å²) in [5, 5.41) is 4.29. The van der Waals surface area contributed by atoms with Crippen LogP contribution in [0.4, 0.5) is 11.4 Å². The first-order valence-corrected chi connectivity index (χ1v) is 11.1. The molecule has 1 aliphatic carbocycles. The molecule has 0 aromatic heterocycles. The molecular formula is C28H23ClN2O. The second kappa shape index (κ2) is 8.94. The van der Waals surface area contributed by atoms with Crippen molar-refractivity contribution in [2.24, 2.45) is 10.9 Å². The van der Waals surface area contributed by atoms with E-state index >= 15 is 0 Å². The van der Waals surface area contributed by atoms with Crippen molar-refractivity contribution in [3.05, 3.63) is 101 Å². The van der Waals surface area contributed by atoms with Crippen LogP contribution in [-0.4, -0.2) is 12.8 Å². The molecule has 3 nitrogen and oxygen atoms in total.